The number of carbonyl (C=O) groups excluding carboxylic acids is 2. The van der Waals surface area contributed by atoms with Gasteiger partial charge in [0, 0.05) is 35.9 Å². The first-order valence-corrected chi connectivity index (χ1v) is 7.45. The van der Waals surface area contributed by atoms with Crippen molar-refractivity contribution in [1.82, 2.24) is 10.3 Å². The second-order valence-corrected chi connectivity index (χ2v) is 5.29. The molecule has 7 heteroatoms. The van der Waals surface area contributed by atoms with Crippen LogP contribution in [0.5, 0.6) is 0 Å². The number of aromatic amines is 1. The van der Waals surface area contributed by atoms with Gasteiger partial charge >= 0.3 is 0 Å². The Bertz CT molecular complexity index is 720. The third-order valence-corrected chi connectivity index (χ3v) is 3.29. The maximum atomic E-state index is 11.8. The SMILES string of the molecule is O=C(CCCNC(=O)c1ccc(=O)[nH]c1)Nc1ccc(Cl)cc1. The highest BCUT2D eigenvalue weighted by Gasteiger charge is 2.06. The molecule has 0 fully saturated rings. The molecule has 23 heavy (non-hydrogen) atoms. The van der Waals surface area contributed by atoms with Gasteiger partial charge < -0.3 is 15.6 Å². The van der Waals surface area contributed by atoms with E-state index < -0.39 is 0 Å². The van der Waals surface area contributed by atoms with Crippen LogP contribution in [0.3, 0.4) is 0 Å². The van der Waals surface area contributed by atoms with E-state index in [2.05, 4.69) is 15.6 Å². The predicted octanol–water partition coefficient (Wildman–Crippen LogP) is 2.18. The largest absolute Gasteiger partial charge is 0.352 e. The third kappa shape index (κ3) is 5.60. The second-order valence-electron chi connectivity index (χ2n) is 4.86. The van der Waals surface area contributed by atoms with Crippen LogP contribution in [0.2, 0.25) is 5.02 Å². The number of anilines is 1. The van der Waals surface area contributed by atoms with Gasteiger partial charge in [-0.2, -0.15) is 0 Å². The van der Waals surface area contributed by atoms with Crippen LogP contribution in [0.25, 0.3) is 0 Å². The molecule has 120 valence electrons. The number of rotatable bonds is 6. The molecule has 3 N–H and O–H groups in total. The summed E-state index contributed by atoms with van der Waals surface area (Å²) in [6.07, 6.45) is 2.15. The lowest BCUT2D eigenvalue weighted by Gasteiger charge is -2.06. The molecular weight excluding hydrogens is 318 g/mol. The molecule has 0 bridgehead atoms. The quantitative estimate of drug-likeness (QED) is 0.707. The van der Waals surface area contributed by atoms with Gasteiger partial charge in [-0.1, -0.05) is 11.6 Å². The maximum absolute atomic E-state index is 11.8. The molecule has 6 nitrogen and oxygen atoms in total. The fourth-order valence-electron chi connectivity index (χ4n) is 1.86. The van der Waals surface area contributed by atoms with E-state index in [9.17, 15) is 14.4 Å². The number of benzene rings is 1. The maximum Gasteiger partial charge on any atom is 0.252 e. The zero-order chi connectivity index (χ0) is 16.7. The van der Waals surface area contributed by atoms with Crippen molar-refractivity contribution in [1.29, 1.82) is 0 Å². The summed E-state index contributed by atoms with van der Waals surface area (Å²) < 4.78 is 0. The molecular formula is C16H16ClN3O3. The summed E-state index contributed by atoms with van der Waals surface area (Å²) in [5.74, 6) is -0.426. The fourth-order valence-corrected chi connectivity index (χ4v) is 1.99. The Morgan fingerprint density at radius 2 is 1.83 bits per heavy atom. The zero-order valence-electron chi connectivity index (χ0n) is 12.3. The summed E-state index contributed by atoms with van der Waals surface area (Å²) >= 11 is 5.77. The minimum absolute atomic E-state index is 0.134. The van der Waals surface area contributed by atoms with Crippen molar-refractivity contribution in [3.63, 3.8) is 0 Å². The van der Waals surface area contributed by atoms with Crippen LogP contribution in [0.4, 0.5) is 5.69 Å². The lowest BCUT2D eigenvalue weighted by molar-refractivity contribution is -0.116. The molecule has 1 aromatic carbocycles. The average molecular weight is 334 g/mol. The van der Waals surface area contributed by atoms with Crippen molar-refractivity contribution in [2.75, 3.05) is 11.9 Å². The number of aromatic nitrogens is 1. The Morgan fingerprint density at radius 3 is 2.48 bits per heavy atom. The highest BCUT2D eigenvalue weighted by molar-refractivity contribution is 6.30. The smallest absolute Gasteiger partial charge is 0.252 e. The number of nitrogens with one attached hydrogen (secondary N) is 3. The van der Waals surface area contributed by atoms with Gasteiger partial charge in [0.05, 0.1) is 5.56 Å². The number of hydrogen-bond acceptors (Lipinski definition) is 3. The van der Waals surface area contributed by atoms with Gasteiger partial charge in [-0.15, -0.1) is 0 Å². The Labute approximate surface area is 137 Å². The van der Waals surface area contributed by atoms with Gasteiger partial charge in [0.2, 0.25) is 11.5 Å². The minimum Gasteiger partial charge on any atom is -0.352 e. The zero-order valence-corrected chi connectivity index (χ0v) is 13.0. The first-order valence-electron chi connectivity index (χ1n) is 7.07. The lowest BCUT2D eigenvalue weighted by Crippen LogP contribution is -2.26. The standard InChI is InChI=1S/C16H16ClN3O3/c17-12-4-6-13(7-5-12)20-15(22)2-1-9-18-16(23)11-3-8-14(21)19-10-11/h3-8,10H,1-2,9H2,(H,18,23)(H,19,21)(H,20,22). The molecule has 0 unspecified atom stereocenters. The molecule has 1 aromatic heterocycles. The van der Waals surface area contributed by atoms with Gasteiger partial charge in [0.1, 0.15) is 0 Å². The van der Waals surface area contributed by atoms with Crippen molar-refractivity contribution in [3.05, 3.63) is 63.5 Å². The van der Waals surface area contributed by atoms with Gasteiger partial charge in [0.25, 0.3) is 5.91 Å². The van der Waals surface area contributed by atoms with Gasteiger partial charge in [-0.3, -0.25) is 14.4 Å². The normalized spacial score (nSPS) is 10.1. The lowest BCUT2D eigenvalue weighted by atomic mass is 10.2. The fraction of sp³-hybridized carbons (Fsp3) is 0.188. The van der Waals surface area contributed by atoms with Gasteiger partial charge in [-0.25, -0.2) is 0 Å². The van der Waals surface area contributed by atoms with E-state index in [-0.39, 0.29) is 23.8 Å². The highest BCUT2D eigenvalue weighted by atomic mass is 35.5. The molecule has 2 aromatic rings. The van der Waals surface area contributed by atoms with Crippen LogP contribution in [0.1, 0.15) is 23.2 Å². The van der Waals surface area contributed by atoms with E-state index in [1.807, 2.05) is 0 Å². The van der Waals surface area contributed by atoms with Crippen LogP contribution in [0.15, 0.2) is 47.4 Å². The molecule has 0 saturated heterocycles. The monoisotopic (exact) mass is 333 g/mol. The predicted molar refractivity (Wildman–Crippen MR) is 88.7 cm³/mol. The number of H-pyrrole nitrogens is 1. The molecule has 0 aliphatic heterocycles. The Hall–Kier alpha value is -2.60. The summed E-state index contributed by atoms with van der Waals surface area (Å²) in [6, 6.07) is 9.56. The molecule has 0 aliphatic rings. The molecule has 0 atom stereocenters. The topological polar surface area (TPSA) is 91.1 Å². The number of halogens is 1. The first-order chi connectivity index (χ1) is 11.0. The van der Waals surface area contributed by atoms with Crippen LogP contribution in [0, 0.1) is 0 Å². The third-order valence-electron chi connectivity index (χ3n) is 3.04. The van der Waals surface area contributed by atoms with E-state index in [1.165, 1.54) is 18.3 Å². The van der Waals surface area contributed by atoms with Crippen molar-refractivity contribution >= 4 is 29.1 Å². The van der Waals surface area contributed by atoms with Crippen LogP contribution < -0.4 is 16.2 Å². The summed E-state index contributed by atoms with van der Waals surface area (Å²) in [4.78, 5) is 36.9. The molecule has 0 spiro atoms. The average Bonchev–Trinajstić information content (AvgIpc) is 2.54. The van der Waals surface area contributed by atoms with Gasteiger partial charge in [0.15, 0.2) is 0 Å². The Balaban J connectivity index is 1.69. The van der Waals surface area contributed by atoms with E-state index in [0.29, 0.717) is 29.2 Å². The molecule has 0 saturated carbocycles. The van der Waals surface area contributed by atoms with Crippen molar-refractivity contribution in [3.8, 4) is 0 Å². The number of amides is 2. The van der Waals surface area contributed by atoms with Crippen molar-refractivity contribution in [2.24, 2.45) is 0 Å². The van der Waals surface area contributed by atoms with Crippen molar-refractivity contribution < 1.29 is 9.59 Å². The summed E-state index contributed by atoms with van der Waals surface area (Å²) in [6.45, 7) is 0.367. The number of pyridine rings is 1. The first kappa shape index (κ1) is 16.8. The molecule has 1 heterocycles. The summed E-state index contributed by atoms with van der Waals surface area (Å²) in [5.41, 5.74) is 0.785. The molecule has 2 amide bonds. The van der Waals surface area contributed by atoms with Crippen molar-refractivity contribution in [2.45, 2.75) is 12.8 Å². The summed E-state index contributed by atoms with van der Waals surface area (Å²) in [7, 11) is 0. The van der Waals surface area contributed by atoms with E-state index >= 15 is 0 Å². The van der Waals surface area contributed by atoms with E-state index in [0.717, 1.165) is 0 Å². The Kier molecular flexibility index (Phi) is 5.94. The van der Waals surface area contributed by atoms with E-state index in [1.54, 1.807) is 24.3 Å². The number of hydrogen-bond donors (Lipinski definition) is 3. The van der Waals surface area contributed by atoms with Crippen LogP contribution >= 0.6 is 11.6 Å². The molecule has 2 rings (SSSR count). The molecule has 0 radical (unpaired) electrons. The number of carbonyl (C=O) groups is 2. The highest BCUT2D eigenvalue weighted by Crippen LogP contribution is 2.13. The molecule has 0 aliphatic carbocycles. The minimum atomic E-state index is -0.292. The van der Waals surface area contributed by atoms with E-state index in [4.69, 9.17) is 11.6 Å². The second kappa shape index (κ2) is 8.14. The van der Waals surface area contributed by atoms with Gasteiger partial charge in [-0.05, 0) is 36.8 Å². The Morgan fingerprint density at radius 1 is 1.09 bits per heavy atom. The van der Waals surface area contributed by atoms with Crippen LogP contribution in [-0.2, 0) is 4.79 Å². The van der Waals surface area contributed by atoms with Crippen LogP contribution in [-0.4, -0.2) is 23.3 Å². The summed E-state index contributed by atoms with van der Waals surface area (Å²) in [5, 5.41) is 6.04.